The van der Waals surface area contributed by atoms with Crippen LogP contribution in [0.5, 0.6) is 0 Å². The van der Waals surface area contributed by atoms with Crippen molar-refractivity contribution in [1.29, 1.82) is 0 Å². The summed E-state index contributed by atoms with van der Waals surface area (Å²) >= 11 is 1.88. The molecule has 6 nitrogen and oxygen atoms in total. The maximum absolute atomic E-state index is 4.20. The molecule has 2 N–H and O–H groups in total. The zero-order valence-corrected chi connectivity index (χ0v) is 22.3. The molecule has 0 atom stereocenters. The summed E-state index contributed by atoms with van der Waals surface area (Å²) in [7, 11) is 0. The predicted molar refractivity (Wildman–Crippen MR) is 160 cm³/mol. The fourth-order valence-electron chi connectivity index (χ4n) is 5.98. The van der Waals surface area contributed by atoms with Crippen molar-refractivity contribution in [3.8, 4) is 22.3 Å². The van der Waals surface area contributed by atoms with Crippen molar-refractivity contribution in [3.05, 3.63) is 85.2 Å². The Balaban J connectivity index is 1.19. The van der Waals surface area contributed by atoms with Gasteiger partial charge in [0.2, 0.25) is 0 Å². The summed E-state index contributed by atoms with van der Waals surface area (Å²) < 4.78 is 0. The minimum Gasteiger partial charge on any atom is -0.338 e. The van der Waals surface area contributed by atoms with Crippen LogP contribution in [0.1, 0.15) is 12.8 Å². The van der Waals surface area contributed by atoms with Crippen LogP contribution in [0.4, 0.5) is 11.4 Å². The average molecular weight is 529 g/mol. The number of benzene rings is 4. The maximum Gasteiger partial charge on any atom is 0.0650 e. The van der Waals surface area contributed by atoms with E-state index in [1.165, 1.54) is 69.4 Å². The SMILES string of the molecule is c1cc2c(cc1-c1ccc3[nH]ncc3c1)Sc1cc(-c3ccc4[nH]ncc4c3)ccc1N2CCN1CCCC1. The van der Waals surface area contributed by atoms with Gasteiger partial charge in [-0.3, -0.25) is 10.2 Å². The van der Waals surface area contributed by atoms with E-state index in [2.05, 4.69) is 103 Å². The van der Waals surface area contributed by atoms with E-state index < -0.39 is 0 Å². The van der Waals surface area contributed by atoms with Gasteiger partial charge in [-0.2, -0.15) is 10.2 Å². The van der Waals surface area contributed by atoms with Crippen LogP contribution in [0.2, 0.25) is 0 Å². The molecule has 192 valence electrons. The number of nitrogens with zero attached hydrogens (tertiary/aromatic N) is 4. The highest BCUT2D eigenvalue weighted by Gasteiger charge is 2.25. The van der Waals surface area contributed by atoms with Crippen molar-refractivity contribution in [1.82, 2.24) is 25.3 Å². The Kier molecular flexibility index (Phi) is 5.45. The second-order valence-corrected chi connectivity index (χ2v) is 11.6. The number of hydrogen-bond acceptors (Lipinski definition) is 5. The predicted octanol–water partition coefficient (Wildman–Crippen LogP) is 7.47. The monoisotopic (exact) mass is 528 g/mol. The Hall–Kier alpha value is -4.07. The molecule has 6 aromatic rings. The Morgan fingerprint density at radius 1 is 0.615 bits per heavy atom. The van der Waals surface area contributed by atoms with Gasteiger partial charge in [-0.1, -0.05) is 36.0 Å². The number of aromatic nitrogens is 4. The quantitative estimate of drug-likeness (QED) is 0.243. The van der Waals surface area contributed by atoms with E-state index in [-0.39, 0.29) is 0 Å². The van der Waals surface area contributed by atoms with Gasteiger partial charge in [-0.25, -0.2) is 0 Å². The molecule has 0 spiro atoms. The number of hydrogen-bond donors (Lipinski definition) is 2. The molecule has 0 bridgehead atoms. The van der Waals surface area contributed by atoms with Crippen LogP contribution in [0, 0.1) is 0 Å². The van der Waals surface area contributed by atoms with Crippen LogP contribution in [-0.4, -0.2) is 51.5 Å². The van der Waals surface area contributed by atoms with Gasteiger partial charge >= 0.3 is 0 Å². The van der Waals surface area contributed by atoms with Gasteiger partial charge in [0.1, 0.15) is 0 Å². The molecular weight excluding hydrogens is 500 g/mol. The molecule has 0 aliphatic carbocycles. The minimum atomic E-state index is 0.987. The first-order valence-electron chi connectivity index (χ1n) is 13.6. The molecule has 0 amide bonds. The van der Waals surface area contributed by atoms with Crippen LogP contribution < -0.4 is 4.90 Å². The molecule has 4 aromatic carbocycles. The molecule has 2 aromatic heterocycles. The molecule has 7 heteroatoms. The molecule has 1 fully saturated rings. The lowest BCUT2D eigenvalue weighted by Gasteiger charge is -2.34. The van der Waals surface area contributed by atoms with E-state index >= 15 is 0 Å². The highest BCUT2D eigenvalue weighted by Crippen LogP contribution is 2.50. The summed E-state index contributed by atoms with van der Waals surface area (Å²) in [4.78, 5) is 7.74. The fourth-order valence-corrected chi connectivity index (χ4v) is 7.15. The highest BCUT2D eigenvalue weighted by molar-refractivity contribution is 7.99. The van der Waals surface area contributed by atoms with Gasteiger partial charge in [-0.05, 0) is 96.7 Å². The van der Waals surface area contributed by atoms with Gasteiger partial charge < -0.3 is 9.80 Å². The smallest absolute Gasteiger partial charge is 0.0650 e. The van der Waals surface area contributed by atoms with E-state index in [0.29, 0.717) is 0 Å². The molecule has 0 saturated carbocycles. The third-order valence-corrected chi connectivity index (χ3v) is 9.20. The van der Waals surface area contributed by atoms with Gasteiger partial charge in [-0.15, -0.1) is 0 Å². The summed E-state index contributed by atoms with van der Waals surface area (Å²) in [5.41, 5.74) is 9.61. The molecule has 39 heavy (non-hydrogen) atoms. The number of H-pyrrole nitrogens is 2. The fraction of sp³-hybridized carbons (Fsp3) is 0.188. The highest BCUT2D eigenvalue weighted by atomic mass is 32.2. The lowest BCUT2D eigenvalue weighted by molar-refractivity contribution is 0.348. The van der Waals surface area contributed by atoms with E-state index in [1.54, 1.807) is 0 Å². The third kappa shape index (κ3) is 4.09. The molecule has 0 radical (unpaired) electrons. The first-order valence-corrected chi connectivity index (χ1v) is 14.4. The van der Waals surface area contributed by atoms with E-state index in [9.17, 15) is 0 Å². The molecule has 8 rings (SSSR count). The molecule has 2 aliphatic heterocycles. The van der Waals surface area contributed by atoms with E-state index in [0.717, 1.165) is 34.9 Å². The second-order valence-electron chi connectivity index (χ2n) is 10.5. The van der Waals surface area contributed by atoms with Gasteiger partial charge in [0.25, 0.3) is 0 Å². The summed E-state index contributed by atoms with van der Waals surface area (Å²) in [5, 5.41) is 16.8. The summed E-state index contributed by atoms with van der Waals surface area (Å²) in [6, 6.07) is 26.9. The molecule has 2 aliphatic rings. The molecule has 1 saturated heterocycles. The van der Waals surface area contributed by atoms with Crippen LogP contribution in [0.3, 0.4) is 0 Å². The summed E-state index contributed by atoms with van der Waals surface area (Å²) in [6.45, 7) is 4.50. The van der Waals surface area contributed by atoms with Crippen molar-refractivity contribution in [2.24, 2.45) is 0 Å². The van der Waals surface area contributed by atoms with Crippen LogP contribution in [-0.2, 0) is 0 Å². The normalized spacial score (nSPS) is 15.2. The molecule has 0 unspecified atom stereocenters. The Bertz CT molecular complexity index is 1710. The Morgan fingerprint density at radius 2 is 1.13 bits per heavy atom. The van der Waals surface area contributed by atoms with Crippen molar-refractivity contribution in [2.45, 2.75) is 22.6 Å². The van der Waals surface area contributed by atoms with Crippen LogP contribution >= 0.6 is 11.8 Å². The summed E-state index contributed by atoms with van der Waals surface area (Å²) in [5.74, 6) is 0. The Morgan fingerprint density at radius 3 is 1.69 bits per heavy atom. The van der Waals surface area contributed by atoms with Gasteiger partial charge in [0.05, 0.1) is 34.8 Å². The average Bonchev–Trinajstić information content (AvgIpc) is 3.76. The zero-order chi connectivity index (χ0) is 25.8. The molecule has 4 heterocycles. The summed E-state index contributed by atoms with van der Waals surface area (Å²) in [6.07, 6.45) is 6.42. The van der Waals surface area contributed by atoms with Gasteiger partial charge in [0.15, 0.2) is 0 Å². The van der Waals surface area contributed by atoms with Crippen molar-refractivity contribution < 1.29 is 0 Å². The number of aromatic amines is 2. The largest absolute Gasteiger partial charge is 0.338 e. The number of anilines is 2. The third-order valence-electron chi connectivity index (χ3n) is 8.11. The second kappa shape index (κ2) is 9.29. The minimum absolute atomic E-state index is 0.987. The standard InChI is InChI=1S/C32H28N6S/c1-2-12-37(11-1)13-14-38-29-9-5-23(21-3-7-27-25(15-21)19-33-35-27)17-31(29)39-32-18-24(6-10-30(32)38)22-4-8-28-26(16-22)20-34-36-28/h3-10,15-20H,1-2,11-14H2,(H,33,35)(H,34,36). The van der Waals surface area contributed by atoms with Crippen LogP contribution in [0.15, 0.2) is 95.0 Å². The number of likely N-dealkylation sites (tertiary alicyclic amines) is 1. The topological polar surface area (TPSA) is 63.8 Å². The van der Waals surface area contributed by atoms with Crippen molar-refractivity contribution in [3.63, 3.8) is 0 Å². The van der Waals surface area contributed by atoms with Crippen LogP contribution in [0.25, 0.3) is 44.1 Å². The number of fused-ring (bicyclic) bond motifs is 4. The first kappa shape index (κ1) is 22.9. The van der Waals surface area contributed by atoms with E-state index in [4.69, 9.17) is 0 Å². The first-order chi connectivity index (χ1) is 19.3. The Labute approximate surface area is 231 Å². The van der Waals surface area contributed by atoms with Gasteiger partial charge in [0, 0.05) is 33.7 Å². The maximum atomic E-state index is 4.20. The lowest BCUT2D eigenvalue weighted by Crippen LogP contribution is -2.32. The number of rotatable bonds is 5. The molecular formula is C32H28N6S. The van der Waals surface area contributed by atoms with Crippen molar-refractivity contribution >= 4 is 44.9 Å². The zero-order valence-electron chi connectivity index (χ0n) is 21.5. The lowest BCUT2D eigenvalue weighted by atomic mass is 10.0. The van der Waals surface area contributed by atoms with E-state index in [1.807, 2.05) is 24.2 Å². The van der Waals surface area contributed by atoms with Crippen molar-refractivity contribution in [2.75, 3.05) is 31.1 Å². The number of nitrogens with one attached hydrogen (secondary N) is 2.